The van der Waals surface area contributed by atoms with Crippen LogP contribution in [-0.2, 0) is 27.5 Å². The molecule has 7 nitrogen and oxygen atoms in total. The number of benzene rings is 1. The SMILES string of the molecule is COc1ccc(S(=O)(=O)CC(=O)Nc2sc3c(c2C(N)=O)CC[C@H](C)C3)cc1. The molecule has 1 aromatic carbocycles. The summed E-state index contributed by atoms with van der Waals surface area (Å²) in [4.78, 5) is 25.4. The van der Waals surface area contributed by atoms with E-state index in [0.29, 0.717) is 22.2 Å². The van der Waals surface area contributed by atoms with E-state index >= 15 is 0 Å². The van der Waals surface area contributed by atoms with Gasteiger partial charge in [-0.05, 0) is 55.0 Å². The Morgan fingerprint density at radius 2 is 1.96 bits per heavy atom. The Labute approximate surface area is 167 Å². The summed E-state index contributed by atoms with van der Waals surface area (Å²) < 4.78 is 30.0. The van der Waals surface area contributed by atoms with Crippen molar-refractivity contribution in [1.82, 2.24) is 0 Å². The van der Waals surface area contributed by atoms with E-state index in [4.69, 9.17) is 10.5 Å². The number of primary amides is 1. The molecule has 1 aliphatic rings. The maximum atomic E-state index is 12.5. The van der Waals surface area contributed by atoms with E-state index in [9.17, 15) is 18.0 Å². The van der Waals surface area contributed by atoms with Crippen molar-refractivity contribution < 1.29 is 22.7 Å². The highest BCUT2D eigenvalue weighted by molar-refractivity contribution is 7.92. The van der Waals surface area contributed by atoms with Crippen LogP contribution in [0.5, 0.6) is 5.75 Å². The number of nitrogens with one attached hydrogen (secondary N) is 1. The summed E-state index contributed by atoms with van der Waals surface area (Å²) in [5, 5.41) is 2.92. The molecule has 0 fully saturated rings. The van der Waals surface area contributed by atoms with Gasteiger partial charge in [0.2, 0.25) is 5.91 Å². The van der Waals surface area contributed by atoms with Gasteiger partial charge in [-0.15, -0.1) is 11.3 Å². The van der Waals surface area contributed by atoms with E-state index < -0.39 is 27.4 Å². The smallest absolute Gasteiger partial charge is 0.251 e. The zero-order valence-corrected chi connectivity index (χ0v) is 17.3. The Morgan fingerprint density at radius 1 is 1.29 bits per heavy atom. The van der Waals surface area contributed by atoms with Crippen LogP contribution in [0.15, 0.2) is 29.2 Å². The minimum Gasteiger partial charge on any atom is -0.497 e. The largest absolute Gasteiger partial charge is 0.497 e. The van der Waals surface area contributed by atoms with Crippen molar-refractivity contribution in [2.24, 2.45) is 11.7 Å². The molecule has 0 radical (unpaired) electrons. The van der Waals surface area contributed by atoms with Crippen LogP contribution < -0.4 is 15.8 Å². The van der Waals surface area contributed by atoms with Gasteiger partial charge in [-0.25, -0.2) is 8.42 Å². The predicted molar refractivity (Wildman–Crippen MR) is 108 cm³/mol. The van der Waals surface area contributed by atoms with Crippen LogP contribution in [0.1, 0.15) is 34.1 Å². The molecule has 0 saturated carbocycles. The molecule has 0 unspecified atom stereocenters. The molecule has 1 heterocycles. The topological polar surface area (TPSA) is 116 Å². The van der Waals surface area contributed by atoms with Crippen molar-refractivity contribution in [3.63, 3.8) is 0 Å². The third kappa shape index (κ3) is 4.20. The molecule has 1 aliphatic carbocycles. The van der Waals surface area contributed by atoms with Gasteiger partial charge in [-0.3, -0.25) is 9.59 Å². The van der Waals surface area contributed by atoms with Crippen molar-refractivity contribution in [1.29, 1.82) is 0 Å². The minimum atomic E-state index is -3.83. The summed E-state index contributed by atoms with van der Waals surface area (Å²) in [7, 11) is -2.35. The molecule has 0 spiro atoms. The number of fused-ring (bicyclic) bond motifs is 1. The molecule has 0 saturated heterocycles. The lowest BCUT2D eigenvalue weighted by Gasteiger charge is -2.18. The summed E-state index contributed by atoms with van der Waals surface area (Å²) in [6, 6.07) is 5.82. The number of anilines is 1. The van der Waals surface area contributed by atoms with Crippen molar-refractivity contribution in [2.75, 3.05) is 18.2 Å². The zero-order chi connectivity index (χ0) is 20.5. The summed E-state index contributed by atoms with van der Waals surface area (Å²) in [5.74, 6) is -1.03. The number of carbonyl (C=O) groups excluding carboxylic acids is 2. The maximum absolute atomic E-state index is 12.5. The van der Waals surface area contributed by atoms with Crippen LogP contribution in [0.3, 0.4) is 0 Å². The lowest BCUT2D eigenvalue weighted by Crippen LogP contribution is -2.24. The van der Waals surface area contributed by atoms with E-state index in [-0.39, 0.29) is 4.90 Å². The van der Waals surface area contributed by atoms with Gasteiger partial charge < -0.3 is 15.8 Å². The quantitative estimate of drug-likeness (QED) is 0.742. The second-order valence-electron chi connectivity index (χ2n) is 6.90. The van der Waals surface area contributed by atoms with Crippen LogP contribution in [0.2, 0.25) is 0 Å². The fourth-order valence-electron chi connectivity index (χ4n) is 3.30. The van der Waals surface area contributed by atoms with E-state index in [1.807, 2.05) is 0 Å². The Balaban J connectivity index is 1.80. The number of carbonyl (C=O) groups is 2. The van der Waals surface area contributed by atoms with Gasteiger partial charge in [0.25, 0.3) is 5.91 Å². The van der Waals surface area contributed by atoms with Gasteiger partial charge in [0.1, 0.15) is 16.5 Å². The molecule has 150 valence electrons. The number of ether oxygens (including phenoxy) is 1. The third-order valence-electron chi connectivity index (χ3n) is 4.75. The van der Waals surface area contributed by atoms with Gasteiger partial charge in [-0.1, -0.05) is 6.92 Å². The molecule has 3 N–H and O–H groups in total. The lowest BCUT2D eigenvalue weighted by atomic mass is 9.88. The minimum absolute atomic E-state index is 0.0258. The van der Waals surface area contributed by atoms with E-state index in [1.165, 1.54) is 42.7 Å². The molecular weight excluding hydrogens is 400 g/mol. The summed E-state index contributed by atoms with van der Waals surface area (Å²) >= 11 is 1.30. The Morgan fingerprint density at radius 3 is 2.57 bits per heavy atom. The molecule has 2 aromatic rings. The summed E-state index contributed by atoms with van der Waals surface area (Å²) in [5.41, 5.74) is 6.71. The Bertz CT molecular complexity index is 1010. The highest BCUT2D eigenvalue weighted by Gasteiger charge is 2.28. The number of hydrogen-bond donors (Lipinski definition) is 2. The molecule has 0 bridgehead atoms. The maximum Gasteiger partial charge on any atom is 0.251 e. The van der Waals surface area contributed by atoms with Crippen molar-refractivity contribution in [2.45, 2.75) is 31.1 Å². The molecule has 1 atom stereocenters. The number of sulfone groups is 1. The van der Waals surface area contributed by atoms with Crippen molar-refractivity contribution >= 4 is 38.0 Å². The van der Waals surface area contributed by atoms with Crippen LogP contribution >= 0.6 is 11.3 Å². The summed E-state index contributed by atoms with van der Waals surface area (Å²) in [6.07, 6.45) is 2.49. The fraction of sp³-hybridized carbons (Fsp3) is 0.368. The van der Waals surface area contributed by atoms with E-state index in [0.717, 1.165) is 29.7 Å². The monoisotopic (exact) mass is 422 g/mol. The van der Waals surface area contributed by atoms with Crippen LogP contribution in [-0.4, -0.2) is 33.1 Å². The van der Waals surface area contributed by atoms with E-state index in [1.54, 1.807) is 0 Å². The summed E-state index contributed by atoms with van der Waals surface area (Å²) in [6.45, 7) is 2.13. The number of amides is 2. The van der Waals surface area contributed by atoms with Crippen LogP contribution in [0, 0.1) is 5.92 Å². The fourth-order valence-corrected chi connectivity index (χ4v) is 5.87. The predicted octanol–water partition coefficient (Wildman–Crippen LogP) is 2.39. The van der Waals surface area contributed by atoms with Gasteiger partial charge in [0, 0.05) is 4.88 Å². The van der Waals surface area contributed by atoms with Gasteiger partial charge in [0.15, 0.2) is 9.84 Å². The standard InChI is InChI=1S/C19H22N2O5S2/c1-11-3-8-14-15(9-11)27-19(17(14)18(20)23)21-16(22)10-28(24,25)13-6-4-12(26-2)5-7-13/h4-7,11H,3,8-10H2,1-2H3,(H2,20,23)(H,21,22)/t11-/m0/s1. The van der Waals surface area contributed by atoms with Crippen LogP contribution in [0.25, 0.3) is 0 Å². The number of nitrogens with two attached hydrogens (primary N) is 1. The normalized spacial score (nSPS) is 16.3. The first kappa shape index (κ1) is 20.3. The average molecular weight is 423 g/mol. The van der Waals surface area contributed by atoms with Crippen molar-refractivity contribution in [3.8, 4) is 5.75 Å². The molecule has 28 heavy (non-hydrogen) atoms. The Hall–Kier alpha value is -2.39. The molecule has 9 heteroatoms. The van der Waals surface area contributed by atoms with E-state index in [2.05, 4.69) is 12.2 Å². The average Bonchev–Trinajstić information content (AvgIpc) is 2.97. The molecule has 2 amide bonds. The second-order valence-corrected chi connectivity index (χ2v) is 10.00. The third-order valence-corrected chi connectivity index (χ3v) is 7.55. The highest BCUT2D eigenvalue weighted by Crippen LogP contribution is 2.39. The number of hydrogen-bond acceptors (Lipinski definition) is 6. The van der Waals surface area contributed by atoms with Gasteiger partial charge in [0.05, 0.1) is 17.6 Å². The first-order chi connectivity index (χ1) is 13.2. The van der Waals surface area contributed by atoms with Gasteiger partial charge >= 0.3 is 0 Å². The number of rotatable bonds is 6. The second kappa shape index (κ2) is 7.92. The van der Waals surface area contributed by atoms with Crippen molar-refractivity contribution in [3.05, 3.63) is 40.3 Å². The zero-order valence-electron chi connectivity index (χ0n) is 15.7. The first-order valence-corrected chi connectivity index (χ1v) is 11.3. The van der Waals surface area contributed by atoms with Gasteiger partial charge in [-0.2, -0.15) is 0 Å². The molecular formula is C19H22N2O5S2. The molecule has 1 aromatic heterocycles. The number of thiophene rings is 1. The molecule has 0 aliphatic heterocycles. The first-order valence-electron chi connectivity index (χ1n) is 8.82. The molecule has 3 rings (SSSR count). The number of methoxy groups -OCH3 is 1. The lowest BCUT2D eigenvalue weighted by molar-refractivity contribution is -0.113. The Kier molecular flexibility index (Phi) is 5.76. The van der Waals surface area contributed by atoms with Crippen LogP contribution in [0.4, 0.5) is 5.00 Å². The highest BCUT2D eigenvalue weighted by atomic mass is 32.2.